The van der Waals surface area contributed by atoms with Crippen LogP contribution >= 0.6 is 0 Å². The van der Waals surface area contributed by atoms with Crippen molar-refractivity contribution in [2.24, 2.45) is 5.92 Å². The Bertz CT molecular complexity index is 988. The van der Waals surface area contributed by atoms with Gasteiger partial charge in [-0.3, -0.25) is 0 Å². The minimum atomic E-state index is -3.77. The SMILES string of the molecule is O=S(=O)(NC[C@](O)(c1ccco1)C1CC1)c1cccc2ccccc12. The summed E-state index contributed by atoms with van der Waals surface area (Å²) in [5.41, 5.74) is -1.32. The summed E-state index contributed by atoms with van der Waals surface area (Å²) in [6.45, 7) is -0.114. The molecule has 130 valence electrons. The van der Waals surface area contributed by atoms with Crippen LogP contribution < -0.4 is 4.72 Å². The monoisotopic (exact) mass is 357 g/mol. The highest BCUT2D eigenvalue weighted by atomic mass is 32.2. The van der Waals surface area contributed by atoms with Crippen LogP contribution in [-0.2, 0) is 15.6 Å². The molecular weight excluding hydrogens is 338 g/mol. The van der Waals surface area contributed by atoms with Crippen molar-refractivity contribution < 1.29 is 17.9 Å². The first-order valence-corrected chi connectivity index (χ1v) is 9.73. The third-order valence-corrected chi connectivity index (χ3v) is 6.23. The topological polar surface area (TPSA) is 79.5 Å². The van der Waals surface area contributed by atoms with E-state index < -0.39 is 15.6 Å². The zero-order valence-corrected chi connectivity index (χ0v) is 14.4. The number of hydrogen-bond donors (Lipinski definition) is 2. The number of furan rings is 1. The lowest BCUT2D eigenvalue weighted by Crippen LogP contribution is -2.42. The molecule has 0 bridgehead atoms. The van der Waals surface area contributed by atoms with Crippen molar-refractivity contribution in [1.82, 2.24) is 4.72 Å². The molecule has 0 spiro atoms. The number of benzene rings is 2. The van der Waals surface area contributed by atoms with Crippen molar-refractivity contribution >= 4 is 20.8 Å². The lowest BCUT2D eigenvalue weighted by molar-refractivity contribution is -0.00224. The lowest BCUT2D eigenvalue weighted by Gasteiger charge is -2.26. The van der Waals surface area contributed by atoms with Crippen molar-refractivity contribution in [3.8, 4) is 0 Å². The minimum Gasteiger partial charge on any atom is -0.466 e. The van der Waals surface area contributed by atoms with Crippen LogP contribution in [0.25, 0.3) is 10.8 Å². The molecule has 0 radical (unpaired) electrons. The van der Waals surface area contributed by atoms with Crippen molar-refractivity contribution in [2.75, 3.05) is 6.54 Å². The first-order valence-electron chi connectivity index (χ1n) is 8.24. The maximum Gasteiger partial charge on any atom is 0.241 e. The van der Waals surface area contributed by atoms with E-state index in [0.717, 1.165) is 18.2 Å². The summed E-state index contributed by atoms with van der Waals surface area (Å²) < 4.78 is 33.6. The van der Waals surface area contributed by atoms with Crippen LogP contribution in [0.1, 0.15) is 18.6 Å². The van der Waals surface area contributed by atoms with Gasteiger partial charge in [0.1, 0.15) is 11.4 Å². The molecule has 3 aromatic rings. The highest BCUT2D eigenvalue weighted by molar-refractivity contribution is 7.89. The van der Waals surface area contributed by atoms with Gasteiger partial charge in [-0.05, 0) is 42.3 Å². The number of aliphatic hydroxyl groups is 1. The minimum absolute atomic E-state index is 0.00821. The number of sulfonamides is 1. The van der Waals surface area contributed by atoms with Crippen molar-refractivity contribution in [1.29, 1.82) is 0 Å². The molecule has 1 aliphatic rings. The number of rotatable bonds is 6. The quantitative estimate of drug-likeness (QED) is 0.711. The van der Waals surface area contributed by atoms with Gasteiger partial charge in [-0.15, -0.1) is 0 Å². The largest absolute Gasteiger partial charge is 0.466 e. The van der Waals surface area contributed by atoms with Gasteiger partial charge < -0.3 is 9.52 Å². The average Bonchev–Trinajstić information content (AvgIpc) is 3.34. The van der Waals surface area contributed by atoms with Crippen LogP contribution in [0.5, 0.6) is 0 Å². The Hall–Kier alpha value is -2.15. The van der Waals surface area contributed by atoms with Crippen LogP contribution in [0.2, 0.25) is 0 Å². The van der Waals surface area contributed by atoms with Gasteiger partial charge in [-0.1, -0.05) is 36.4 Å². The summed E-state index contributed by atoms with van der Waals surface area (Å²) >= 11 is 0. The van der Waals surface area contributed by atoms with Crippen molar-refractivity contribution in [3.63, 3.8) is 0 Å². The maximum atomic E-state index is 12.9. The maximum absolute atomic E-state index is 12.9. The zero-order chi connectivity index (χ0) is 17.5. The summed E-state index contributed by atoms with van der Waals surface area (Å²) in [5, 5.41) is 12.5. The van der Waals surface area contributed by atoms with E-state index in [0.29, 0.717) is 11.1 Å². The van der Waals surface area contributed by atoms with Gasteiger partial charge in [0.05, 0.1) is 11.2 Å². The van der Waals surface area contributed by atoms with E-state index in [2.05, 4.69) is 4.72 Å². The van der Waals surface area contributed by atoms with E-state index in [9.17, 15) is 13.5 Å². The van der Waals surface area contributed by atoms with Crippen LogP contribution in [0, 0.1) is 5.92 Å². The summed E-state index contributed by atoms with van der Waals surface area (Å²) in [6, 6.07) is 15.9. The molecule has 0 amide bonds. The molecule has 1 atom stereocenters. The van der Waals surface area contributed by atoms with Crippen molar-refractivity contribution in [2.45, 2.75) is 23.3 Å². The van der Waals surface area contributed by atoms with E-state index >= 15 is 0 Å². The smallest absolute Gasteiger partial charge is 0.241 e. The first kappa shape index (κ1) is 16.3. The molecular formula is C19H19NO4S. The Kier molecular flexibility index (Phi) is 3.91. The molecule has 25 heavy (non-hydrogen) atoms. The molecule has 2 aromatic carbocycles. The number of fused-ring (bicyclic) bond motifs is 1. The van der Waals surface area contributed by atoms with E-state index in [-0.39, 0.29) is 17.4 Å². The van der Waals surface area contributed by atoms with Gasteiger partial charge in [-0.25, -0.2) is 13.1 Å². The fraction of sp³-hybridized carbons (Fsp3) is 0.263. The Labute approximate surface area is 146 Å². The van der Waals surface area contributed by atoms with Gasteiger partial charge >= 0.3 is 0 Å². The molecule has 0 unspecified atom stereocenters. The first-order chi connectivity index (χ1) is 12.0. The van der Waals surface area contributed by atoms with Gasteiger partial charge in [0.2, 0.25) is 10.0 Å². The van der Waals surface area contributed by atoms with Gasteiger partial charge in [0.15, 0.2) is 0 Å². The summed E-state index contributed by atoms with van der Waals surface area (Å²) in [5.74, 6) is 0.407. The molecule has 1 heterocycles. The second-order valence-electron chi connectivity index (χ2n) is 6.48. The average molecular weight is 357 g/mol. The van der Waals surface area contributed by atoms with E-state index in [1.807, 2.05) is 24.3 Å². The van der Waals surface area contributed by atoms with Crippen LogP contribution in [-0.4, -0.2) is 20.1 Å². The molecule has 1 aromatic heterocycles. The molecule has 4 rings (SSSR count). The van der Waals surface area contributed by atoms with Gasteiger partial charge in [-0.2, -0.15) is 0 Å². The molecule has 5 nitrogen and oxygen atoms in total. The lowest BCUT2D eigenvalue weighted by atomic mass is 9.95. The summed E-state index contributed by atoms with van der Waals surface area (Å²) in [4.78, 5) is 0.211. The van der Waals surface area contributed by atoms with Crippen LogP contribution in [0.3, 0.4) is 0 Å². The van der Waals surface area contributed by atoms with Crippen LogP contribution in [0.15, 0.2) is 70.2 Å². The predicted octanol–water partition coefficient (Wildman–Crippen LogP) is 3.01. The van der Waals surface area contributed by atoms with Gasteiger partial charge in [0.25, 0.3) is 0 Å². The zero-order valence-electron chi connectivity index (χ0n) is 13.6. The standard InChI is InChI=1S/C19H19NO4S/c21-19(15-10-11-15,18-9-4-12-24-18)13-20-25(22,23)17-8-3-6-14-5-1-2-7-16(14)17/h1-9,12,15,20-21H,10-11,13H2/t19-/m1/s1. The summed E-state index contributed by atoms with van der Waals surface area (Å²) in [7, 11) is -3.77. The second-order valence-corrected chi connectivity index (χ2v) is 8.21. The van der Waals surface area contributed by atoms with E-state index in [4.69, 9.17) is 4.42 Å². The summed E-state index contributed by atoms with van der Waals surface area (Å²) in [6.07, 6.45) is 3.20. The molecule has 0 saturated heterocycles. The molecule has 6 heteroatoms. The normalized spacial score (nSPS) is 17.5. The Balaban J connectivity index is 1.65. The third-order valence-electron chi connectivity index (χ3n) is 4.77. The molecule has 1 aliphatic carbocycles. The molecule has 1 saturated carbocycles. The fourth-order valence-electron chi connectivity index (χ4n) is 3.23. The second kappa shape index (κ2) is 5.98. The highest BCUT2D eigenvalue weighted by Crippen LogP contribution is 2.45. The molecule has 1 fully saturated rings. The fourth-order valence-corrected chi connectivity index (χ4v) is 4.53. The van der Waals surface area contributed by atoms with E-state index in [1.165, 1.54) is 6.26 Å². The van der Waals surface area contributed by atoms with Gasteiger partial charge in [0, 0.05) is 11.9 Å². The van der Waals surface area contributed by atoms with Crippen molar-refractivity contribution in [3.05, 3.63) is 66.6 Å². The van der Waals surface area contributed by atoms with E-state index in [1.54, 1.807) is 30.3 Å². The highest BCUT2D eigenvalue weighted by Gasteiger charge is 2.47. The third kappa shape index (κ3) is 2.97. The number of nitrogens with one attached hydrogen (secondary N) is 1. The molecule has 2 N–H and O–H groups in total. The predicted molar refractivity (Wildman–Crippen MR) is 94.5 cm³/mol. The Morgan fingerprint density at radius 2 is 1.84 bits per heavy atom. The Morgan fingerprint density at radius 3 is 2.56 bits per heavy atom. The molecule has 0 aliphatic heterocycles. The number of hydrogen-bond acceptors (Lipinski definition) is 4. The Morgan fingerprint density at radius 1 is 1.08 bits per heavy atom. The van der Waals surface area contributed by atoms with Crippen LogP contribution in [0.4, 0.5) is 0 Å².